The molecule has 114 valence electrons. The average molecular weight is 296 g/mol. The highest BCUT2D eigenvalue weighted by atomic mass is 16.4. The maximum absolute atomic E-state index is 10.4. The van der Waals surface area contributed by atoms with Gasteiger partial charge in [-0.05, 0) is 18.2 Å². The molecule has 2 rings (SSSR count). The predicted molar refractivity (Wildman–Crippen MR) is 72.8 cm³/mol. The van der Waals surface area contributed by atoms with Crippen LogP contribution in [-0.4, -0.2) is 64.4 Å². The van der Waals surface area contributed by atoms with Gasteiger partial charge in [-0.2, -0.15) is 0 Å². The Balaban J connectivity index is 0.000000219. The van der Waals surface area contributed by atoms with Crippen molar-refractivity contribution in [2.24, 2.45) is 0 Å². The Kier molecular flexibility index (Phi) is 6.15. The third-order valence-corrected chi connectivity index (χ3v) is 2.74. The summed E-state index contributed by atoms with van der Waals surface area (Å²) in [6.45, 7) is 2.81. The number of piperazine rings is 1. The molecule has 4 N–H and O–H groups in total. The molecule has 21 heavy (non-hydrogen) atoms. The number of aromatic carboxylic acids is 2. The summed E-state index contributed by atoms with van der Waals surface area (Å²) in [6.07, 6.45) is -0.809. The van der Waals surface area contributed by atoms with Gasteiger partial charge < -0.3 is 25.5 Å². The summed E-state index contributed by atoms with van der Waals surface area (Å²) in [5.74, 6) is -2.25. The standard InChI is InChI=1S/C8H6O4.C5H10N2O2/c9-7(10)5-2-1-3-6(4-5)8(11)12;8-5(9)7-3-1-6-2-4-7/h1-4H,(H,9,10)(H,11,12);6H,1-4H2,(H,8,9). The number of carbonyl (C=O) groups is 3. The molecule has 1 aliphatic heterocycles. The van der Waals surface area contributed by atoms with Crippen LogP contribution in [0.5, 0.6) is 0 Å². The number of benzene rings is 1. The molecule has 0 bridgehead atoms. The Morgan fingerprint density at radius 2 is 1.43 bits per heavy atom. The number of carboxylic acids is 2. The molecule has 0 radical (unpaired) electrons. The van der Waals surface area contributed by atoms with Crippen LogP contribution in [0.15, 0.2) is 24.3 Å². The SMILES string of the molecule is O=C(O)N1CCNCC1.O=C(O)c1cccc(C(=O)O)c1. The maximum Gasteiger partial charge on any atom is 0.407 e. The van der Waals surface area contributed by atoms with E-state index in [1.54, 1.807) is 0 Å². The fourth-order valence-corrected chi connectivity index (χ4v) is 1.64. The number of amides is 1. The van der Waals surface area contributed by atoms with Crippen molar-refractivity contribution in [1.82, 2.24) is 10.2 Å². The van der Waals surface area contributed by atoms with Crippen molar-refractivity contribution in [2.45, 2.75) is 0 Å². The summed E-state index contributed by atoms with van der Waals surface area (Å²) in [7, 11) is 0. The molecule has 0 aromatic heterocycles. The zero-order valence-electron chi connectivity index (χ0n) is 11.2. The van der Waals surface area contributed by atoms with Crippen LogP contribution in [0.4, 0.5) is 4.79 Å². The van der Waals surface area contributed by atoms with Crippen LogP contribution >= 0.6 is 0 Å². The number of nitrogens with one attached hydrogen (secondary N) is 1. The highest BCUT2D eigenvalue weighted by molar-refractivity contribution is 5.93. The summed E-state index contributed by atoms with van der Waals surface area (Å²) in [5.41, 5.74) is -0.0372. The Morgan fingerprint density at radius 1 is 0.952 bits per heavy atom. The van der Waals surface area contributed by atoms with E-state index in [0.29, 0.717) is 13.1 Å². The minimum atomic E-state index is -1.13. The molecular weight excluding hydrogens is 280 g/mol. The van der Waals surface area contributed by atoms with E-state index < -0.39 is 18.0 Å². The van der Waals surface area contributed by atoms with E-state index in [4.69, 9.17) is 15.3 Å². The van der Waals surface area contributed by atoms with E-state index in [2.05, 4.69) is 5.32 Å². The predicted octanol–water partition coefficient (Wildman–Crippen LogP) is 0.653. The Bertz CT molecular complexity index is 496. The van der Waals surface area contributed by atoms with E-state index in [0.717, 1.165) is 19.2 Å². The highest BCUT2D eigenvalue weighted by Crippen LogP contribution is 2.04. The zero-order valence-corrected chi connectivity index (χ0v) is 11.2. The molecule has 1 heterocycles. The van der Waals surface area contributed by atoms with Crippen molar-refractivity contribution in [3.63, 3.8) is 0 Å². The second-order valence-corrected chi connectivity index (χ2v) is 4.21. The van der Waals surface area contributed by atoms with Crippen molar-refractivity contribution < 1.29 is 29.7 Å². The molecular formula is C13H16N2O6. The van der Waals surface area contributed by atoms with E-state index in [1.807, 2.05) is 0 Å². The van der Waals surface area contributed by atoms with Gasteiger partial charge in [0.1, 0.15) is 0 Å². The van der Waals surface area contributed by atoms with E-state index in [-0.39, 0.29) is 11.1 Å². The lowest BCUT2D eigenvalue weighted by Crippen LogP contribution is -2.45. The summed E-state index contributed by atoms with van der Waals surface area (Å²) < 4.78 is 0. The molecule has 0 saturated carbocycles. The van der Waals surface area contributed by atoms with Crippen LogP contribution in [0.2, 0.25) is 0 Å². The zero-order chi connectivity index (χ0) is 15.8. The molecule has 1 saturated heterocycles. The molecule has 0 spiro atoms. The molecule has 8 nitrogen and oxygen atoms in total. The number of carboxylic acid groups (broad SMARTS) is 3. The van der Waals surface area contributed by atoms with Gasteiger partial charge in [-0.1, -0.05) is 6.07 Å². The van der Waals surface area contributed by atoms with Gasteiger partial charge in [-0.25, -0.2) is 14.4 Å². The first kappa shape index (κ1) is 16.4. The van der Waals surface area contributed by atoms with Crippen LogP contribution in [-0.2, 0) is 0 Å². The number of hydrogen-bond acceptors (Lipinski definition) is 4. The average Bonchev–Trinajstić information content (AvgIpc) is 2.49. The van der Waals surface area contributed by atoms with Gasteiger partial charge in [-0.3, -0.25) is 0 Å². The molecule has 8 heteroatoms. The quantitative estimate of drug-likeness (QED) is 0.631. The number of hydrogen-bond donors (Lipinski definition) is 4. The second kappa shape index (κ2) is 7.85. The first-order valence-electron chi connectivity index (χ1n) is 6.17. The first-order valence-corrected chi connectivity index (χ1v) is 6.17. The van der Waals surface area contributed by atoms with Crippen LogP contribution in [0.1, 0.15) is 20.7 Å². The largest absolute Gasteiger partial charge is 0.478 e. The van der Waals surface area contributed by atoms with Crippen LogP contribution in [0.3, 0.4) is 0 Å². The highest BCUT2D eigenvalue weighted by Gasteiger charge is 2.13. The third kappa shape index (κ3) is 5.49. The third-order valence-electron chi connectivity index (χ3n) is 2.74. The molecule has 1 fully saturated rings. The van der Waals surface area contributed by atoms with Crippen molar-refractivity contribution in [2.75, 3.05) is 26.2 Å². The Morgan fingerprint density at radius 3 is 1.76 bits per heavy atom. The van der Waals surface area contributed by atoms with Crippen LogP contribution in [0.25, 0.3) is 0 Å². The smallest absolute Gasteiger partial charge is 0.407 e. The van der Waals surface area contributed by atoms with Crippen molar-refractivity contribution in [3.8, 4) is 0 Å². The molecule has 1 amide bonds. The normalized spacial score (nSPS) is 13.8. The number of nitrogens with zero attached hydrogens (tertiary/aromatic N) is 1. The van der Waals surface area contributed by atoms with Gasteiger partial charge in [-0.15, -0.1) is 0 Å². The fourth-order valence-electron chi connectivity index (χ4n) is 1.64. The van der Waals surface area contributed by atoms with Crippen LogP contribution < -0.4 is 5.32 Å². The lowest BCUT2D eigenvalue weighted by atomic mass is 10.1. The molecule has 0 aliphatic carbocycles. The van der Waals surface area contributed by atoms with E-state index in [9.17, 15) is 14.4 Å². The maximum atomic E-state index is 10.4. The lowest BCUT2D eigenvalue weighted by Gasteiger charge is -2.23. The summed E-state index contributed by atoms with van der Waals surface area (Å²) in [4.78, 5) is 32.4. The summed E-state index contributed by atoms with van der Waals surface area (Å²) in [5, 5.41) is 28.5. The van der Waals surface area contributed by atoms with E-state index in [1.165, 1.54) is 23.1 Å². The van der Waals surface area contributed by atoms with Gasteiger partial charge in [0.15, 0.2) is 0 Å². The lowest BCUT2D eigenvalue weighted by molar-refractivity contribution is 0.0696. The van der Waals surface area contributed by atoms with Gasteiger partial charge >= 0.3 is 18.0 Å². The minimum Gasteiger partial charge on any atom is -0.478 e. The monoisotopic (exact) mass is 296 g/mol. The topological polar surface area (TPSA) is 127 Å². The first-order chi connectivity index (χ1) is 9.91. The van der Waals surface area contributed by atoms with Gasteiger partial charge in [0, 0.05) is 26.2 Å². The van der Waals surface area contributed by atoms with E-state index >= 15 is 0 Å². The Hall–Kier alpha value is -2.61. The van der Waals surface area contributed by atoms with Crippen molar-refractivity contribution in [1.29, 1.82) is 0 Å². The minimum absolute atomic E-state index is 0.0186. The summed E-state index contributed by atoms with van der Waals surface area (Å²) >= 11 is 0. The molecule has 1 aromatic rings. The molecule has 0 atom stereocenters. The van der Waals surface area contributed by atoms with Crippen molar-refractivity contribution in [3.05, 3.63) is 35.4 Å². The molecule has 1 aromatic carbocycles. The van der Waals surface area contributed by atoms with Gasteiger partial charge in [0.05, 0.1) is 11.1 Å². The fraction of sp³-hybridized carbons (Fsp3) is 0.308. The van der Waals surface area contributed by atoms with Gasteiger partial charge in [0.25, 0.3) is 0 Å². The van der Waals surface area contributed by atoms with Crippen LogP contribution in [0, 0.1) is 0 Å². The van der Waals surface area contributed by atoms with Gasteiger partial charge in [0.2, 0.25) is 0 Å². The molecule has 1 aliphatic rings. The Labute approximate surface area is 120 Å². The van der Waals surface area contributed by atoms with Crippen molar-refractivity contribution >= 4 is 18.0 Å². The summed E-state index contributed by atoms with van der Waals surface area (Å²) in [6, 6.07) is 5.20. The molecule has 0 unspecified atom stereocenters. The number of rotatable bonds is 2. The second-order valence-electron chi connectivity index (χ2n) is 4.21.